The Morgan fingerprint density at radius 3 is 2.86 bits per heavy atom. The first-order valence-corrected chi connectivity index (χ1v) is 7.93. The van der Waals surface area contributed by atoms with Gasteiger partial charge in [-0.1, -0.05) is 11.2 Å². The standard InChI is InChI=1S/C13H12F2N2O4S/c14-13(15)11-5-9(21-17-11)7-16-22(18,19)10-2-1-8-3-4-20-12(8)6-10/h1-2,5-6,13,16H,3-4,7H2. The van der Waals surface area contributed by atoms with Crippen LogP contribution in [-0.4, -0.2) is 20.2 Å². The Morgan fingerprint density at radius 1 is 1.32 bits per heavy atom. The first-order valence-electron chi connectivity index (χ1n) is 6.45. The summed E-state index contributed by atoms with van der Waals surface area (Å²) in [5, 5.41) is 3.16. The van der Waals surface area contributed by atoms with Gasteiger partial charge in [0.2, 0.25) is 10.0 Å². The van der Waals surface area contributed by atoms with Gasteiger partial charge >= 0.3 is 0 Å². The van der Waals surface area contributed by atoms with E-state index in [4.69, 9.17) is 4.74 Å². The molecule has 3 rings (SSSR count). The van der Waals surface area contributed by atoms with Crippen molar-refractivity contribution in [2.75, 3.05) is 6.61 Å². The average molecular weight is 330 g/mol. The number of ether oxygens (including phenoxy) is 1. The van der Waals surface area contributed by atoms with Gasteiger partial charge in [0.1, 0.15) is 11.4 Å². The van der Waals surface area contributed by atoms with E-state index >= 15 is 0 Å². The van der Waals surface area contributed by atoms with E-state index in [1.165, 1.54) is 12.1 Å². The van der Waals surface area contributed by atoms with Crippen molar-refractivity contribution in [3.05, 3.63) is 41.3 Å². The summed E-state index contributed by atoms with van der Waals surface area (Å²) in [5.74, 6) is 0.554. The molecule has 22 heavy (non-hydrogen) atoms. The van der Waals surface area contributed by atoms with Crippen LogP contribution in [0.15, 0.2) is 33.7 Å². The van der Waals surface area contributed by atoms with E-state index in [2.05, 4.69) is 14.4 Å². The minimum atomic E-state index is -3.80. The quantitative estimate of drug-likeness (QED) is 0.907. The van der Waals surface area contributed by atoms with E-state index in [-0.39, 0.29) is 17.2 Å². The number of alkyl halides is 2. The van der Waals surface area contributed by atoms with Crippen LogP contribution in [0.5, 0.6) is 5.75 Å². The summed E-state index contributed by atoms with van der Waals surface area (Å²) < 4.78 is 61.3. The summed E-state index contributed by atoms with van der Waals surface area (Å²) in [6, 6.07) is 5.62. The van der Waals surface area contributed by atoms with Crippen LogP contribution in [0, 0.1) is 0 Å². The van der Waals surface area contributed by atoms with Crippen LogP contribution in [0.1, 0.15) is 23.4 Å². The molecule has 0 fully saturated rings. The fraction of sp³-hybridized carbons (Fsp3) is 0.308. The molecule has 0 aliphatic carbocycles. The van der Waals surface area contributed by atoms with E-state index in [0.29, 0.717) is 12.4 Å². The van der Waals surface area contributed by atoms with Gasteiger partial charge in [0.25, 0.3) is 6.43 Å². The maximum Gasteiger partial charge on any atom is 0.283 e. The molecule has 0 unspecified atom stereocenters. The zero-order valence-corrected chi connectivity index (χ0v) is 12.1. The Bertz CT molecular complexity index is 789. The zero-order valence-electron chi connectivity index (χ0n) is 11.3. The number of sulfonamides is 1. The second kappa shape index (κ2) is 5.65. The van der Waals surface area contributed by atoms with E-state index < -0.39 is 22.1 Å². The van der Waals surface area contributed by atoms with Crippen molar-refractivity contribution in [2.24, 2.45) is 0 Å². The van der Waals surface area contributed by atoms with Crippen molar-refractivity contribution in [2.45, 2.75) is 24.3 Å². The van der Waals surface area contributed by atoms with Crippen LogP contribution >= 0.6 is 0 Å². The van der Waals surface area contributed by atoms with Gasteiger partial charge in [-0.25, -0.2) is 21.9 Å². The molecular weight excluding hydrogens is 318 g/mol. The second-order valence-corrected chi connectivity index (χ2v) is 6.48. The van der Waals surface area contributed by atoms with E-state index in [1.807, 2.05) is 0 Å². The average Bonchev–Trinajstić information content (AvgIpc) is 3.13. The third-order valence-corrected chi connectivity index (χ3v) is 4.61. The summed E-state index contributed by atoms with van der Waals surface area (Å²) in [6.45, 7) is 0.265. The molecule has 1 aromatic heterocycles. The second-order valence-electron chi connectivity index (χ2n) is 4.71. The van der Waals surface area contributed by atoms with Crippen molar-refractivity contribution in [3.63, 3.8) is 0 Å². The largest absolute Gasteiger partial charge is 0.493 e. The van der Waals surface area contributed by atoms with Gasteiger partial charge in [0, 0.05) is 18.6 Å². The number of rotatable bonds is 5. The first kappa shape index (κ1) is 14.9. The Morgan fingerprint density at radius 2 is 2.14 bits per heavy atom. The summed E-state index contributed by atoms with van der Waals surface area (Å²) >= 11 is 0. The molecular formula is C13H12F2N2O4S. The third kappa shape index (κ3) is 2.95. The van der Waals surface area contributed by atoms with Crippen LogP contribution < -0.4 is 9.46 Å². The highest BCUT2D eigenvalue weighted by atomic mass is 32.2. The maximum absolute atomic E-state index is 12.4. The van der Waals surface area contributed by atoms with Gasteiger partial charge < -0.3 is 9.26 Å². The lowest BCUT2D eigenvalue weighted by atomic mass is 10.2. The Labute approximate surface area is 125 Å². The smallest absolute Gasteiger partial charge is 0.283 e. The lowest BCUT2D eigenvalue weighted by Crippen LogP contribution is -2.23. The SMILES string of the molecule is O=S(=O)(NCc1cc(C(F)F)no1)c1ccc2c(c1)OCC2. The molecule has 1 N–H and O–H groups in total. The Kier molecular flexibility index (Phi) is 3.83. The van der Waals surface area contributed by atoms with Crippen molar-refractivity contribution in [1.29, 1.82) is 0 Å². The summed E-state index contributed by atoms with van der Waals surface area (Å²) in [7, 11) is -3.80. The molecule has 0 radical (unpaired) electrons. The lowest BCUT2D eigenvalue weighted by molar-refractivity contribution is 0.140. The van der Waals surface area contributed by atoms with Gasteiger partial charge in [-0.3, -0.25) is 0 Å². The number of hydrogen-bond acceptors (Lipinski definition) is 5. The molecule has 0 atom stereocenters. The van der Waals surface area contributed by atoms with Crippen LogP contribution in [0.4, 0.5) is 8.78 Å². The molecule has 1 aliphatic heterocycles. The van der Waals surface area contributed by atoms with Gasteiger partial charge in [-0.15, -0.1) is 0 Å². The molecule has 0 bridgehead atoms. The highest BCUT2D eigenvalue weighted by Crippen LogP contribution is 2.28. The number of nitrogens with zero attached hydrogens (tertiary/aromatic N) is 1. The van der Waals surface area contributed by atoms with Gasteiger partial charge in [-0.2, -0.15) is 0 Å². The number of benzene rings is 1. The first-order chi connectivity index (χ1) is 10.5. The van der Waals surface area contributed by atoms with Crippen molar-refractivity contribution in [1.82, 2.24) is 9.88 Å². The molecule has 9 heteroatoms. The highest BCUT2D eigenvalue weighted by Gasteiger charge is 2.20. The molecule has 0 saturated carbocycles. The van der Waals surface area contributed by atoms with Crippen LogP contribution in [-0.2, 0) is 23.0 Å². The minimum absolute atomic E-state index is 0.0104. The molecule has 2 heterocycles. The molecule has 2 aromatic rings. The number of halogens is 2. The minimum Gasteiger partial charge on any atom is -0.493 e. The molecule has 118 valence electrons. The Hall–Kier alpha value is -2.00. The normalized spacial score (nSPS) is 14.1. The monoisotopic (exact) mass is 330 g/mol. The molecule has 0 spiro atoms. The van der Waals surface area contributed by atoms with Gasteiger partial charge in [0.15, 0.2) is 5.76 Å². The maximum atomic E-state index is 12.4. The van der Waals surface area contributed by atoms with Crippen LogP contribution in [0.25, 0.3) is 0 Å². The van der Waals surface area contributed by atoms with E-state index in [9.17, 15) is 17.2 Å². The Balaban J connectivity index is 1.73. The molecule has 0 amide bonds. The third-order valence-electron chi connectivity index (χ3n) is 3.22. The molecule has 6 nitrogen and oxygen atoms in total. The topological polar surface area (TPSA) is 81.4 Å². The number of nitrogens with one attached hydrogen (secondary N) is 1. The predicted molar refractivity (Wildman–Crippen MR) is 71.1 cm³/mol. The van der Waals surface area contributed by atoms with E-state index in [1.54, 1.807) is 6.07 Å². The number of aromatic nitrogens is 1. The summed E-state index contributed by atoms with van der Waals surface area (Å²) in [5.41, 5.74) is 0.427. The van der Waals surface area contributed by atoms with Crippen LogP contribution in [0.2, 0.25) is 0 Å². The lowest BCUT2D eigenvalue weighted by Gasteiger charge is -2.06. The van der Waals surface area contributed by atoms with Crippen LogP contribution in [0.3, 0.4) is 0 Å². The summed E-state index contributed by atoms with van der Waals surface area (Å²) in [6.07, 6.45) is -2.01. The van der Waals surface area contributed by atoms with E-state index in [0.717, 1.165) is 18.1 Å². The van der Waals surface area contributed by atoms with Crippen molar-refractivity contribution in [3.8, 4) is 5.75 Å². The van der Waals surface area contributed by atoms with Crippen molar-refractivity contribution >= 4 is 10.0 Å². The predicted octanol–water partition coefficient (Wildman–Crippen LogP) is 2.03. The number of fused-ring (bicyclic) bond motifs is 1. The number of hydrogen-bond donors (Lipinski definition) is 1. The summed E-state index contributed by atoms with van der Waals surface area (Å²) in [4.78, 5) is 0.0433. The fourth-order valence-corrected chi connectivity index (χ4v) is 3.09. The highest BCUT2D eigenvalue weighted by molar-refractivity contribution is 7.89. The van der Waals surface area contributed by atoms with Crippen molar-refractivity contribution < 1.29 is 26.5 Å². The fourth-order valence-electron chi connectivity index (χ4n) is 2.08. The molecule has 0 saturated heterocycles. The van der Waals surface area contributed by atoms with Gasteiger partial charge in [-0.05, 0) is 11.6 Å². The zero-order chi connectivity index (χ0) is 15.7. The molecule has 1 aromatic carbocycles. The van der Waals surface area contributed by atoms with Gasteiger partial charge in [0.05, 0.1) is 18.0 Å². The molecule has 1 aliphatic rings.